The van der Waals surface area contributed by atoms with Gasteiger partial charge in [0.25, 0.3) is 17.7 Å². The van der Waals surface area contributed by atoms with Crippen molar-refractivity contribution >= 4 is 46.5 Å². The molecule has 3 heterocycles. The molecule has 44 heavy (non-hydrogen) atoms. The van der Waals surface area contributed by atoms with E-state index in [9.17, 15) is 23.6 Å². The van der Waals surface area contributed by atoms with E-state index in [1.54, 1.807) is 30.3 Å². The SMILES string of the molecule is O=C(Nc1ccc(N2CCOCC2)cc1)C(c1csnn1)N(Cc1ccccc1F)C(=O)CN1C(=O)c2ccccc2C1=O. The van der Waals surface area contributed by atoms with Gasteiger partial charge in [-0.05, 0) is 54.0 Å². The molecule has 1 unspecified atom stereocenters. The molecule has 2 aliphatic heterocycles. The smallest absolute Gasteiger partial charge is 0.262 e. The lowest BCUT2D eigenvalue weighted by molar-refractivity contribution is -0.140. The monoisotopic (exact) mass is 614 g/mol. The summed E-state index contributed by atoms with van der Waals surface area (Å²) in [5.41, 5.74) is 2.11. The minimum absolute atomic E-state index is 0.138. The molecule has 3 aromatic carbocycles. The molecular weight excluding hydrogens is 587 g/mol. The van der Waals surface area contributed by atoms with E-state index in [-0.39, 0.29) is 28.9 Å². The summed E-state index contributed by atoms with van der Waals surface area (Å²) in [6, 6.07) is 18.1. The molecule has 1 fully saturated rings. The fraction of sp³-hybridized carbons (Fsp3) is 0.226. The van der Waals surface area contributed by atoms with E-state index < -0.39 is 42.0 Å². The van der Waals surface area contributed by atoms with Crippen molar-refractivity contribution in [3.05, 3.63) is 106 Å². The number of hydrogen-bond donors (Lipinski definition) is 1. The highest BCUT2D eigenvalue weighted by molar-refractivity contribution is 7.03. The van der Waals surface area contributed by atoms with Crippen LogP contribution in [0.15, 0.2) is 78.2 Å². The maximum Gasteiger partial charge on any atom is 0.262 e. The van der Waals surface area contributed by atoms with Crippen LogP contribution in [0.2, 0.25) is 0 Å². The molecule has 1 atom stereocenters. The molecule has 0 aliphatic carbocycles. The molecule has 224 valence electrons. The number of anilines is 2. The van der Waals surface area contributed by atoms with Gasteiger partial charge in [-0.1, -0.05) is 34.8 Å². The van der Waals surface area contributed by atoms with Crippen LogP contribution in [0.1, 0.15) is 38.0 Å². The van der Waals surface area contributed by atoms with Crippen LogP contribution in [0.3, 0.4) is 0 Å². The van der Waals surface area contributed by atoms with Crippen molar-refractivity contribution < 1.29 is 28.3 Å². The zero-order valence-corrected chi connectivity index (χ0v) is 24.2. The average Bonchev–Trinajstić information content (AvgIpc) is 3.66. The van der Waals surface area contributed by atoms with Crippen LogP contribution >= 0.6 is 11.5 Å². The van der Waals surface area contributed by atoms with Crippen LogP contribution in [0.25, 0.3) is 0 Å². The van der Waals surface area contributed by atoms with Gasteiger partial charge in [0.15, 0.2) is 6.04 Å². The number of amides is 4. The van der Waals surface area contributed by atoms with Gasteiger partial charge in [-0.3, -0.25) is 24.1 Å². The number of nitrogens with zero attached hydrogens (tertiary/aromatic N) is 5. The molecule has 1 N–H and O–H groups in total. The van der Waals surface area contributed by atoms with Gasteiger partial charge in [-0.15, -0.1) is 5.10 Å². The third kappa shape index (κ3) is 5.92. The van der Waals surface area contributed by atoms with Crippen molar-refractivity contribution in [3.63, 3.8) is 0 Å². The number of carbonyl (C=O) groups is 4. The number of fused-ring (bicyclic) bond motifs is 1. The third-order valence-electron chi connectivity index (χ3n) is 7.52. The van der Waals surface area contributed by atoms with E-state index in [0.717, 1.165) is 40.1 Å². The molecule has 4 amide bonds. The van der Waals surface area contributed by atoms with Crippen LogP contribution in [0.4, 0.5) is 15.8 Å². The Labute approximate surface area is 256 Å². The predicted octanol–water partition coefficient (Wildman–Crippen LogP) is 3.52. The average molecular weight is 615 g/mol. The molecule has 4 aromatic rings. The van der Waals surface area contributed by atoms with E-state index in [1.807, 2.05) is 12.1 Å². The Bertz CT molecular complexity index is 1660. The second-order valence-electron chi connectivity index (χ2n) is 10.2. The van der Waals surface area contributed by atoms with E-state index in [4.69, 9.17) is 4.74 Å². The summed E-state index contributed by atoms with van der Waals surface area (Å²) < 4.78 is 24.2. The van der Waals surface area contributed by atoms with Crippen LogP contribution in [0, 0.1) is 5.82 Å². The van der Waals surface area contributed by atoms with Crippen molar-refractivity contribution in [3.8, 4) is 0 Å². The van der Waals surface area contributed by atoms with Crippen molar-refractivity contribution in [2.24, 2.45) is 0 Å². The zero-order valence-electron chi connectivity index (χ0n) is 23.4. The number of benzene rings is 3. The number of rotatable bonds is 9. The number of halogens is 1. The largest absolute Gasteiger partial charge is 0.378 e. The summed E-state index contributed by atoms with van der Waals surface area (Å²) in [4.78, 5) is 58.2. The summed E-state index contributed by atoms with van der Waals surface area (Å²) >= 11 is 0.986. The van der Waals surface area contributed by atoms with Gasteiger partial charge in [-0.2, -0.15) is 0 Å². The first-order chi connectivity index (χ1) is 21.4. The first-order valence-corrected chi connectivity index (χ1v) is 14.7. The number of morpholine rings is 1. The van der Waals surface area contributed by atoms with E-state index in [1.165, 1.54) is 35.7 Å². The second-order valence-corrected chi connectivity index (χ2v) is 10.8. The number of ether oxygens (including phenoxy) is 1. The topological polar surface area (TPSA) is 125 Å². The van der Waals surface area contributed by atoms with Gasteiger partial charge < -0.3 is 19.9 Å². The summed E-state index contributed by atoms with van der Waals surface area (Å²) in [5.74, 6) is -3.20. The second kappa shape index (κ2) is 12.7. The number of carbonyl (C=O) groups excluding carboxylic acids is 4. The standard InChI is InChI=1S/C31H27FN6O5S/c32-25-8-4-1-5-20(25)17-37(27(39)18-38-30(41)23-6-2-3-7-24(23)31(38)42)28(26-19-44-35-34-26)29(40)33-21-9-11-22(12-10-21)36-13-15-43-16-14-36/h1-12,19,28H,13-18H2,(H,33,40). The number of imide groups is 1. The van der Waals surface area contributed by atoms with Crippen molar-refractivity contribution in [2.75, 3.05) is 43.1 Å². The molecule has 0 radical (unpaired) electrons. The van der Waals surface area contributed by atoms with Gasteiger partial charge >= 0.3 is 0 Å². The first kappa shape index (κ1) is 29.1. The summed E-state index contributed by atoms with van der Waals surface area (Å²) in [6.45, 7) is 1.79. The van der Waals surface area contributed by atoms with Gasteiger partial charge in [0.05, 0.1) is 24.3 Å². The minimum Gasteiger partial charge on any atom is -0.378 e. The zero-order chi connectivity index (χ0) is 30.6. The maximum atomic E-state index is 14.9. The van der Waals surface area contributed by atoms with Crippen molar-refractivity contribution in [1.29, 1.82) is 0 Å². The summed E-state index contributed by atoms with van der Waals surface area (Å²) in [5, 5.41) is 8.43. The van der Waals surface area contributed by atoms with Crippen LogP contribution in [-0.4, -0.2) is 75.9 Å². The highest BCUT2D eigenvalue weighted by Gasteiger charge is 2.40. The van der Waals surface area contributed by atoms with Gasteiger partial charge in [-0.25, -0.2) is 4.39 Å². The van der Waals surface area contributed by atoms with E-state index in [0.29, 0.717) is 18.9 Å². The normalized spacial score (nSPS) is 15.2. The van der Waals surface area contributed by atoms with Gasteiger partial charge in [0, 0.05) is 42.0 Å². The van der Waals surface area contributed by atoms with Crippen LogP contribution < -0.4 is 10.2 Å². The molecule has 2 aliphatic rings. The lowest BCUT2D eigenvalue weighted by atomic mass is 10.1. The maximum absolute atomic E-state index is 14.9. The lowest BCUT2D eigenvalue weighted by Gasteiger charge is -2.31. The van der Waals surface area contributed by atoms with Gasteiger partial charge in [0.1, 0.15) is 18.1 Å². The molecule has 0 spiro atoms. The molecule has 1 aromatic heterocycles. The molecule has 1 saturated heterocycles. The minimum atomic E-state index is -1.35. The Kier molecular flexibility index (Phi) is 8.39. The van der Waals surface area contributed by atoms with Crippen LogP contribution in [0.5, 0.6) is 0 Å². The van der Waals surface area contributed by atoms with E-state index >= 15 is 0 Å². The highest BCUT2D eigenvalue weighted by atomic mass is 32.1. The number of aromatic nitrogens is 2. The van der Waals surface area contributed by atoms with Crippen molar-refractivity contribution in [1.82, 2.24) is 19.4 Å². The Morgan fingerprint density at radius 2 is 1.61 bits per heavy atom. The fourth-order valence-electron chi connectivity index (χ4n) is 5.26. The van der Waals surface area contributed by atoms with E-state index in [2.05, 4.69) is 19.8 Å². The quantitative estimate of drug-likeness (QED) is 0.284. The molecule has 0 saturated carbocycles. The summed E-state index contributed by atoms with van der Waals surface area (Å²) in [6.07, 6.45) is 0. The molecule has 6 rings (SSSR count). The first-order valence-electron chi connectivity index (χ1n) is 13.9. The van der Waals surface area contributed by atoms with Gasteiger partial charge in [0.2, 0.25) is 5.91 Å². The summed E-state index contributed by atoms with van der Waals surface area (Å²) in [7, 11) is 0. The third-order valence-corrected chi connectivity index (χ3v) is 8.04. The molecule has 0 bridgehead atoms. The Hall–Kier alpha value is -5.01. The number of nitrogens with one attached hydrogen (secondary N) is 1. The Balaban J connectivity index is 1.29. The molecule has 11 nitrogen and oxygen atoms in total. The lowest BCUT2D eigenvalue weighted by Crippen LogP contribution is -2.47. The molecule has 13 heteroatoms. The number of hydrogen-bond acceptors (Lipinski definition) is 9. The Morgan fingerprint density at radius 1 is 0.955 bits per heavy atom. The van der Waals surface area contributed by atoms with Crippen molar-refractivity contribution in [2.45, 2.75) is 12.6 Å². The van der Waals surface area contributed by atoms with Crippen LogP contribution in [-0.2, 0) is 20.9 Å². The fourth-order valence-corrected chi connectivity index (χ4v) is 5.73. The predicted molar refractivity (Wildman–Crippen MR) is 160 cm³/mol. The molecular formula is C31H27FN6O5S. The highest BCUT2D eigenvalue weighted by Crippen LogP contribution is 2.28. The Morgan fingerprint density at radius 3 is 2.25 bits per heavy atom.